The monoisotopic (exact) mass is 300 g/mol. The van der Waals surface area contributed by atoms with Gasteiger partial charge in [0.05, 0.1) is 0 Å². The fraction of sp³-hybridized carbons (Fsp3) is 0.533. The van der Waals surface area contributed by atoms with E-state index in [1.54, 1.807) is 0 Å². The Morgan fingerprint density at radius 2 is 1.86 bits per heavy atom. The molecule has 1 fully saturated rings. The molecule has 116 valence electrons. The second kappa shape index (κ2) is 6.47. The standard InChI is InChI=1S/C15H19F3N2O/c1-12-3-2-4-13(9-12)11-19-5-7-20(8-6-19)14(21)10-15(16,17)18/h2-4,9H,5-8,10-11H2,1H3. The third-order valence-corrected chi connectivity index (χ3v) is 3.57. The number of aryl methyl sites for hydroxylation is 1. The lowest BCUT2D eigenvalue weighted by Crippen LogP contribution is -2.49. The van der Waals surface area contributed by atoms with E-state index in [9.17, 15) is 18.0 Å². The number of rotatable bonds is 3. The Bertz CT molecular complexity index is 494. The third-order valence-electron chi connectivity index (χ3n) is 3.57. The van der Waals surface area contributed by atoms with Gasteiger partial charge in [0.1, 0.15) is 6.42 Å². The summed E-state index contributed by atoms with van der Waals surface area (Å²) in [5, 5.41) is 0. The number of piperazine rings is 1. The van der Waals surface area contributed by atoms with Gasteiger partial charge in [0.25, 0.3) is 0 Å². The van der Waals surface area contributed by atoms with Crippen molar-refractivity contribution in [2.45, 2.75) is 26.1 Å². The van der Waals surface area contributed by atoms with Crippen LogP contribution in [0.25, 0.3) is 0 Å². The summed E-state index contributed by atoms with van der Waals surface area (Å²) < 4.78 is 36.6. The molecular formula is C15H19F3N2O. The highest BCUT2D eigenvalue weighted by atomic mass is 19.4. The summed E-state index contributed by atoms with van der Waals surface area (Å²) in [5.74, 6) is -0.822. The fourth-order valence-corrected chi connectivity index (χ4v) is 2.51. The van der Waals surface area contributed by atoms with Crippen LogP contribution in [0, 0.1) is 6.92 Å². The Morgan fingerprint density at radius 1 is 1.19 bits per heavy atom. The van der Waals surface area contributed by atoms with E-state index >= 15 is 0 Å². The molecule has 1 aliphatic heterocycles. The molecule has 1 saturated heterocycles. The van der Waals surface area contributed by atoms with Crippen LogP contribution >= 0.6 is 0 Å². The number of amides is 1. The minimum Gasteiger partial charge on any atom is -0.340 e. The first-order valence-electron chi connectivity index (χ1n) is 6.96. The lowest BCUT2D eigenvalue weighted by Gasteiger charge is -2.35. The Kier molecular flexibility index (Phi) is 4.88. The van der Waals surface area contributed by atoms with Crippen molar-refractivity contribution < 1.29 is 18.0 Å². The highest BCUT2D eigenvalue weighted by Gasteiger charge is 2.34. The van der Waals surface area contributed by atoms with Gasteiger partial charge in [-0.05, 0) is 12.5 Å². The minimum absolute atomic E-state index is 0.362. The first-order valence-corrected chi connectivity index (χ1v) is 6.96. The molecule has 1 amide bonds. The second-order valence-corrected chi connectivity index (χ2v) is 5.44. The molecule has 0 aromatic heterocycles. The Balaban J connectivity index is 1.82. The zero-order chi connectivity index (χ0) is 15.5. The van der Waals surface area contributed by atoms with Gasteiger partial charge in [-0.25, -0.2) is 0 Å². The molecule has 0 unspecified atom stereocenters. The molecule has 3 nitrogen and oxygen atoms in total. The van der Waals surface area contributed by atoms with Crippen molar-refractivity contribution in [1.29, 1.82) is 0 Å². The molecule has 0 N–H and O–H groups in total. The number of hydrogen-bond donors (Lipinski definition) is 0. The molecule has 0 bridgehead atoms. The van der Waals surface area contributed by atoms with Gasteiger partial charge in [-0.3, -0.25) is 9.69 Å². The van der Waals surface area contributed by atoms with Gasteiger partial charge in [-0.2, -0.15) is 13.2 Å². The molecule has 0 atom stereocenters. The Labute approximate surface area is 122 Å². The number of benzene rings is 1. The lowest BCUT2D eigenvalue weighted by molar-refractivity contribution is -0.162. The fourth-order valence-electron chi connectivity index (χ4n) is 2.51. The van der Waals surface area contributed by atoms with Crippen LogP contribution in [-0.2, 0) is 11.3 Å². The van der Waals surface area contributed by atoms with E-state index in [4.69, 9.17) is 0 Å². The largest absolute Gasteiger partial charge is 0.397 e. The van der Waals surface area contributed by atoms with Crippen molar-refractivity contribution in [1.82, 2.24) is 9.80 Å². The van der Waals surface area contributed by atoms with Crippen LogP contribution in [0.15, 0.2) is 24.3 Å². The van der Waals surface area contributed by atoms with Crippen molar-refractivity contribution in [3.63, 3.8) is 0 Å². The number of carbonyl (C=O) groups excluding carboxylic acids is 1. The molecule has 0 spiro atoms. The van der Waals surface area contributed by atoms with Crippen molar-refractivity contribution in [3.8, 4) is 0 Å². The SMILES string of the molecule is Cc1cccc(CN2CCN(C(=O)CC(F)(F)F)CC2)c1. The molecule has 1 aliphatic rings. The summed E-state index contributed by atoms with van der Waals surface area (Å²) in [7, 11) is 0. The van der Waals surface area contributed by atoms with Crippen LogP contribution in [0.1, 0.15) is 17.5 Å². The molecule has 1 aromatic rings. The number of alkyl halides is 3. The summed E-state index contributed by atoms with van der Waals surface area (Å²) in [4.78, 5) is 15.0. The average molecular weight is 300 g/mol. The van der Waals surface area contributed by atoms with E-state index in [-0.39, 0.29) is 0 Å². The van der Waals surface area contributed by atoms with Gasteiger partial charge in [0, 0.05) is 32.7 Å². The van der Waals surface area contributed by atoms with Crippen LogP contribution in [0.4, 0.5) is 13.2 Å². The summed E-state index contributed by atoms with van der Waals surface area (Å²) in [6.07, 6.45) is -5.78. The number of halogens is 3. The van der Waals surface area contributed by atoms with Crippen molar-refractivity contribution >= 4 is 5.91 Å². The highest BCUT2D eigenvalue weighted by molar-refractivity contribution is 5.76. The van der Waals surface area contributed by atoms with Gasteiger partial charge in [0.15, 0.2) is 0 Å². The van der Waals surface area contributed by atoms with E-state index in [1.807, 2.05) is 25.1 Å². The summed E-state index contributed by atoms with van der Waals surface area (Å²) in [6, 6.07) is 8.15. The topological polar surface area (TPSA) is 23.6 Å². The second-order valence-electron chi connectivity index (χ2n) is 5.44. The number of nitrogens with zero attached hydrogens (tertiary/aromatic N) is 2. The Morgan fingerprint density at radius 3 is 2.43 bits per heavy atom. The van der Waals surface area contributed by atoms with Crippen molar-refractivity contribution in [3.05, 3.63) is 35.4 Å². The first-order chi connectivity index (χ1) is 9.83. The minimum atomic E-state index is -4.42. The van der Waals surface area contributed by atoms with Gasteiger partial charge >= 0.3 is 6.18 Å². The summed E-state index contributed by atoms with van der Waals surface area (Å²) in [5.41, 5.74) is 2.37. The van der Waals surface area contributed by atoms with Gasteiger partial charge < -0.3 is 4.90 Å². The number of carbonyl (C=O) groups is 1. The quantitative estimate of drug-likeness (QED) is 0.856. The lowest BCUT2D eigenvalue weighted by atomic mass is 10.1. The molecule has 6 heteroatoms. The van der Waals surface area contributed by atoms with E-state index in [0.717, 1.165) is 6.54 Å². The van der Waals surface area contributed by atoms with Gasteiger partial charge in [0.2, 0.25) is 5.91 Å². The van der Waals surface area contributed by atoms with Crippen LogP contribution in [0.5, 0.6) is 0 Å². The van der Waals surface area contributed by atoms with E-state index in [2.05, 4.69) is 11.0 Å². The number of hydrogen-bond acceptors (Lipinski definition) is 2. The zero-order valence-electron chi connectivity index (χ0n) is 12.0. The maximum atomic E-state index is 12.2. The summed E-state index contributed by atoms with van der Waals surface area (Å²) in [6.45, 7) is 4.73. The molecule has 0 saturated carbocycles. The molecular weight excluding hydrogens is 281 g/mol. The normalized spacial score (nSPS) is 17.0. The van der Waals surface area contributed by atoms with Crippen LogP contribution in [0.2, 0.25) is 0 Å². The molecule has 1 aromatic carbocycles. The van der Waals surface area contributed by atoms with E-state index in [1.165, 1.54) is 16.0 Å². The van der Waals surface area contributed by atoms with Crippen molar-refractivity contribution in [2.24, 2.45) is 0 Å². The van der Waals surface area contributed by atoms with Gasteiger partial charge in [-0.1, -0.05) is 29.8 Å². The smallest absolute Gasteiger partial charge is 0.340 e. The first kappa shape index (κ1) is 15.8. The van der Waals surface area contributed by atoms with Crippen LogP contribution < -0.4 is 0 Å². The Hall–Kier alpha value is -1.56. The van der Waals surface area contributed by atoms with Gasteiger partial charge in [-0.15, -0.1) is 0 Å². The summed E-state index contributed by atoms with van der Waals surface area (Å²) >= 11 is 0. The molecule has 1 heterocycles. The van der Waals surface area contributed by atoms with E-state index in [0.29, 0.717) is 26.2 Å². The third kappa shape index (κ3) is 5.04. The molecule has 2 rings (SSSR count). The zero-order valence-corrected chi connectivity index (χ0v) is 12.0. The molecule has 0 aliphatic carbocycles. The predicted molar refractivity (Wildman–Crippen MR) is 73.7 cm³/mol. The van der Waals surface area contributed by atoms with E-state index < -0.39 is 18.5 Å². The maximum Gasteiger partial charge on any atom is 0.397 e. The van der Waals surface area contributed by atoms with Crippen LogP contribution in [-0.4, -0.2) is 48.1 Å². The molecule has 21 heavy (non-hydrogen) atoms. The predicted octanol–water partition coefficient (Wildman–Crippen LogP) is 2.59. The average Bonchev–Trinajstić information content (AvgIpc) is 2.37. The van der Waals surface area contributed by atoms with Crippen LogP contribution in [0.3, 0.4) is 0 Å². The maximum absolute atomic E-state index is 12.2. The van der Waals surface area contributed by atoms with Crippen molar-refractivity contribution in [2.75, 3.05) is 26.2 Å². The highest BCUT2D eigenvalue weighted by Crippen LogP contribution is 2.21. The molecule has 0 radical (unpaired) electrons.